The molecule has 12 nitrogen and oxygen atoms in total. The average molecular weight is 692 g/mol. The molecule has 2 amide bonds. The van der Waals surface area contributed by atoms with Crippen molar-refractivity contribution >= 4 is 35.5 Å². The fraction of sp³-hybridized carbons (Fsp3) is 0.306. The normalized spacial score (nSPS) is 10.7. The lowest BCUT2D eigenvalue weighted by molar-refractivity contribution is -0.728. The van der Waals surface area contributed by atoms with Crippen molar-refractivity contribution in [3.05, 3.63) is 109 Å². The third-order valence-corrected chi connectivity index (χ3v) is 7.63. The van der Waals surface area contributed by atoms with Crippen molar-refractivity contribution < 1.29 is 42.6 Å². The Kier molecular flexibility index (Phi) is 16.7. The number of ether oxygens (including phenoxy) is 6. The van der Waals surface area contributed by atoms with E-state index in [1.165, 1.54) is 11.9 Å². The van der Waals surface area contributed by atoms with Crippen LogP contribution >= 0.6 is 11.9 Å². The van der Waals surface area contributed by atoms with Crippen LogP contribution in [0.2, 0.25) is 0 Å². The van der Waals surface area contributed by atoms with Crippen LogP contribution in [0.1, 0.15) is 5.56 Å². The average Bonchev–Trinajstić information content (AvgIpc) is 3.14. The van der Waals surface area contributed by atoms with Gasteiger partial charge in [0.15, 0.2) is 12.4 Å². The van der Waals surface area contributed by atoms with Crippen LogP contribution in [0.15, 0.2) is 108 Å². The van der Waals surface area contributed by atoms with Gasteiger partial charge in [0.25, 0.3) is 6.73 Å². The number of carbonyl (C=O) groups is 2. The summed E-state index contributed by atoms with van der Waals surface area (Å²) in [5, 5.41) is 5.68. The van der Waals surface area contributed by atoms with E-state index in [2.05, 4.69) is 39.6 Å². The zero-order valence-corrected chi connectivity index (χ0v) is 28.3. The van der Waals surface area contributed by atoms with Gasteiger partial charge in [-0.2, -0.15) is 4.57 Å². The van der Waals surface area contributed by atoms with Gasteiger partial charge in [-0.15, -0.1) is 0 Å². The van der Waals surface area contributed by atoms with Crippen molar-refractivity contribution in [1.29, 1.82) is 0 Å². The summed E-state index contributed by atoms with van der Waals surface area (Å²) in [6.45, 7) is 3.35. The number of amides is 2. The number of nitrogens with zero attached hydrogens (tertiary/aromatic N) is 1. The Labute approximate surface area is 291 Å². The van der Waals surface area contributed by atoms with Gasteiger partial charge in [0.05, 0.1) is 52.8 Å². The molecule has 0 aliphatic rings. The second-order valence-corrected chi connectivity index (χ2v) is 11.2. The minimum Gasteiger partial charge on any atom is -0.432 e. The molecule has 0 fully saturated rings. The van der Waals surface area contributed by atoms with Crippen LogP contribution in [-0.4, -0.2) is 72.2 Å². The van der Waals surface area contributed by atoms with Gasteiger partial charge in [0, 0.05) is 35.0 Å². The summed E-state index contributed by atoms with van der Waals surface area (Å²) in [7, 11) is 1.62. The maximum atomic E-state index is 12.5. The molecule has 4 aromatic rings. The van der Waals surface area contributed by atoms with Gasteiger partial charge in [-0.1, -0.05) is 48.5 Å². The number of carbonyl (C=O) groups excluding carboxylic acids is 2. The fourth-order valence-corrected chi connectivity index (χ4v) is 5.11. The smallest absolute Gasteiger partial charge is 0.432 e. The first kappa shape index (κ1) is 37.2. The number of hydrogen-bond donors (Lipinski definition) is 3. The summed E-state index contributed by atoms with van der Waals surface area (Å²) in [4.78, 5) is 25.6. The van der Waals surface area contributed by atoms with E-state index in [0.717, 1.165) is 27.3 Å². The molecule has 0 radical (unpaired) electrons. The van der Waals surface area contributed by atoms with E-state index in [0.29, 0.717) is 45.3 Å². The number of pyridine rings is 1. The van der Waals surface area contributed by atoms with E-state index < -0.39 is 6.16 Å². The molecule has 13 heteroatoms. The Morgan fingerprint density at radius 2 is 1.35 bits per heavy atom. The molecule has 0 saturated carbocycles. The number of anilines is 2. The summed E-state index contributed by atoms with van der Waals surface area (Å²) < 4.78 is 36.2. The molecule has 0 aliphatic heterocycles. The lowest BCUT2D eigenvalue weighted by atomic mass is 10.1. The second kappa shape index (κ2) is 22.1. The lowest BCUT2D eigenvalue weighted by Crippen LogP contribution is -2.37. The van der Waals surface area contributed by atoms with Crippen molar-refractivity contribution in [2.75, 3.05) is 70.0 Å². The van der Waals surface area contributed by atoms with Crippen LogP contribution in [0.25, 0.3) is 11.1 Å². The number of benzene rings is 3. The van der Waals surface area contributed by atoms with E-state index in [1.807, 2.05) is 60.7 Å². The maximum absolute atomic E-state index is 12.5. The molecule has 0 bridgehead atoms. The van der Waals surface area contributed by atoms with Crippen LogP contribution in [0.4, 0.5) is 21.0 Å². The van der Waals surface area contributed by atoms with Crippen LogP contribution < -0.4 is 19.9 Å². The van der Waals surface area contributed by atoms with E-state index >= 15 is 0 Å². The molecule has 49 heavy (non-hydrogen) atoms. The Morgan fingerprint density at radius 1 is 0.694 bits per heavy atom. The van der Waals surface area contributed by atoms with E-state index in [-0.39, 0.29) is 32.5 Å². The Balaban J connectivity index is 1.08. The minimum absolute atomic E-state index is 0.0451. The maximum Gasteiger partial charge on any atom is 0.513 e. The van der Waals surface area contributed by atoms with Crippen molar-refractivity contribution in [3.63, 3.8) is 0 Å². The topological polar surface area (TPSA) is 129 Å². The molecule has 1 heterocycles. The summed E-state index contributed by atoms with van der Waals surface area (Å²) >= 11 is 1.54. The highest BCUT2D eigenvalue weighted by atomic mass is 32.2. The van der Waals surface area contributed by atoms with Gasteiger partial charge in [0.1, 0.15) is 6.61 Å². The first-order valence-electron chi connectivity index (χ1n) is 15.8. The molecule has 0 spiro atoms. The fourth-order valence-electron chi connectivity index (χ4n) is 4.30. The first-order valence-corrected chi connectivity index (χ1v) is 16.6. The number of hydrogen-bond acceptors (Lipinski definition) is 10. The number of aromatic nitrogens is 1. The molecule has 3 N–H and O–H groups in total. The molecule has 260 valence electrons. The number of nitrogens with one attached hydrogen (secondary N) is 3. The molecular weight excluding hydrogens is 648 g/mol. The first-order chi connectivity index (χ1) is 24.1. The third-order valence-electron chi connectivity index (χ3n) is 6.72. The van der Waals surface area contributed by atoms with E-state index in [4.69, 9.17) is 28.4 Å². The predicted molar refractivity (Wildman–Crippen MR) is 187 cm³/mol. The number of urea groups is 1. The van der Waals surface area contributed by atoms with Crippen molar-refractivity contribution in [2.45, 2.75) is 18.2 Å². The minimum atomic E-state index is -0.805. The SMILES string of the molecule is COCCOCCOCCOCCOC(=O)OC[n+]1cccc(CNC(=O)Nc2ccc(NSc3ccccc3-c3ccccc3)cc2)c1. The van der Waals surface area contributed by atoms with Gasteiger partial charge >= 0.3 is 12.2 Å². The molecule has 4 rings (SSSR count). The van der Waals surface area contributed by atoms with Gasteiger partial charge in [0.2, 0.25) is 0 Å². The monoisotopic (exact) mass is 691 g/mol. The molecule has 1 aromatic heterocycles. The van der Waals surface area contributed by atoms with Gasteiger partial charge in [-0.05, 0) is 59.5 Å². The molecule has 0 unspecified atom stereocenters. The molecule has 0 aliphatic carbocycles. The standard InChI is InChI=1S/C36H42N4O8S/c1-43-18-19-44-20-21-45-22-23-46-24-25-47-36(42)48-28-40-17-7-8-29(27-40)26-37-35(41)38-31-13-15-32(16-14-31)39-49-34-12-6-5-11-33(34)30-9-3-2-4-10-30/h2-17,27,39H,18-26,28H2,1H3,(H-,37,38,41)/p+1. The van der Waals surface area contributed by atoms with E-state index in [9.17, 15) is 9.59 Å². The Bertz CT molecular complexity index is 1550. The van der Waals surface area contributed by atoms with Gasteiger partial charge in [-0.25, -0.2) is 9.59 Å². The van der Waals surface area contributed by atoms with Gasteiger partial charge in [-0.3, -0.25) is 0 Å². The number of rotatable bonds is 21. The summed E-state index contributed by atoms with van der Waals surface area (Å²) in [6, 6.07) is 29.3. The summed E-state index contributed by atoms with van der Waals surface area (Å²) in [6.07, 6.45) is 2.71. The molecule has 0 saturated heterocycles. The summed E-state index contributed by atoms with van der Waals surface area (Å²) in [5.74, 6) is 0. The van der Waals surface area contributed by atoms with Crippen LogP contribution in [0.3, 0.4) is 0 Å². The Morgan fingerprint density at radius 3 is 2.08 bits per heavy atom. The highest BCUT2D eigenvalue weighted by Gasteiger charge is 2.10. The highest BCUT2D eigenvalue weighted by Crippen LogP contribution is 2.32. The summed E-state index contributed by atoms with van der Waals surface area (Å²) in [5.41, 5.74) is 4.70. The largest absolute Gasteiger partial charge is 0.513 e. The van der Waals surface area contributed by atoms with Crippen LogP contribution in [0, 0.1) is 0 Å². The molecular formula is C36H43N4O8S+. The predicted octanol–water partition coefficient (Wildman–Crippen LogP) is 5.89. The van der Waals surface area contributed by atoms with Crippen molar-refractivity contribution in [3.8, 4) is 11.1 Å². The quantitative estimate of drug-likeness (QED) is 0.0421. The number of methoxy groups -OCH3 is 1. The highest BCUT2D eigenvalue weighted by molar-refractivity contribution is 8.00. The van der Waals surface area contributed by atoms with E-state index in [1.54, 1.807) is 30.1 Å². The van der Waals surface area contributed by atoms with Gasteiger partial charge < -0.3 is 43.8 Å². The lowest BCUT2D eigenvalue weighted by Gasteiger charge is -2.12. The third kappa shape index (κ3) is 14.6. The van der Waals surface area contributed by atoms with Crippen LogP contribution in [-0.2, 0) is 41.7 Å². The van der Waals surface area contributed by atoms with Crippen LogP contribution in [0.5, 0.6) is 0 Å². The second-order valence-electron chi connectivity index (χ2n) is 10.4. The zero-order valence-electron chi connectivity index (χ0n) is 27.5. The Hall–Kier alpha value is -4.66. The molecule has 3 aromatic carbocycles. The molecule has 0 atom stereocenters. The van der Waals surface area contributed by atoms with Crippen molar-refractivity contribution in [1.82, 2.24) is 5.32 Å². The van der Waals surface area contributed by atoms with Crippen molar-refractivity contribution in [2.24, 2.45) is 0 Å². The zero-order chi connectivity index (χ0) is 34.4.